The molecular formula is C12H23F3N2. The summed E-state index contributed by atoms with van der Waals surface area (Å²) in [7, 11) is 0. The molecule has 0 saturated heterocycles. The minimum atomic E-state index is -4.09. The van der Waals surface area contributed by atoms with Gasteiger partial charge in [0.2, 0.25) is 0 Å². The average Bonchev–Trinajstić information content (AvgIpc) is 3.03. The van der Waals surface area contributed by atoms with E-state index in [1.54, 1.807) is 0 Å². The fraction of sp³-hybridized carbons (Fsp3) is 1.00. The molecule has 1 unspecified atom stereocenters. The van der Waals surface area contributed by atoms with Gasteiger partial charge in [0.15, 0.2) is 0 Å². The van der Waals surface area contributed by atoms with Crippen molar-refractivity contribution in [1.29, 1.82) is 0 Å². The van der Waals surface area contributed by atoms with E-state index < -0.39 is 11.7 Å². The minimum Gasteiger partial charge on any atom is -0.330 e. The molecular weight excluding hydrogens is 229 g/mol. The molecule has 0 aromatic rings. The van der Waals surface area contributed by atoms with Crippen molar-refractivity contribution < 1.29 is 13.2 Å². The second-order valence-corrected chi connectivity index (χ2v) is 5.00. The van der Waals surface area contributed by atoms with E-state index in [2.05, 4.69) is 12.2 Å². The van der Waals surface area contributed by atoms with E-state index in [1.165, 1.54) is 0 Å². The maximum Gasteiger partial charge on any atom is 0.406 e. The van der Waals surface area contributed by atoms with Crippen molar-refractivity contribution in [3.8, 4) is 0 Å². The Hall–Kier alpha value is -0.290. The lowest BCUT2D eigenvalue weighted by Gasteiger charge is -2.21. The Balaban J connectivity index is 2.16. The van der Waals surface area contributed by atoms with Crippen LogP contribution in [0, 0.1) is 5.92 Å². The molecule has 0 bridgehead atoms. The third-order valence-corrected chi connectivity index (χ3v) is 3.70. The third-order valence-electron chi connectivity index (χ3n) is 3.70. The monoisotopic (exact) mass is 252 g/mol. The number of nitrogens with one attached hydrogen (secondary N) is 1. The largest absolute Gasteiger partial charge is 0.406 e. The van der Waals surface area contributed by atoms with Crippen LogP contribution in [-0.4, -0.2) is 24.8 Å². The first-order valence-corrected chi connectivity index (χ1v) is 6.47. The second-order valence-electron chi connectivity index (χ2n) is 5.00. The topological polar surface area (TPSA) is 38.0 Å². The first kappa shape index (κ1) is 14.8. The number of nitrogens with two attached hydrogens (primary N) is 1. The lowest BCUT2D eigenvalue weighted by molar-refractivity contribution is -0.165. The Morgan fingerprint density at radius 1 is 1.29 bits per heavy atom. The van der Waals surface area contributed by atoms with E-state index in [1.807, 2.05) is 0 Å². The predicted molar refractivity (Wildman–Crippen MR) is 62.7 cm³/mol. The van der Waals surface area contributed by atoms with Gasteiger partial charge in [-0.05, 0) is 51.1 Å². The summed E-state index contributed by atoms with van der Waals surface area (Å²) in [4.78, 5) is 0. The summed E-state index contributed by atoms with van der Waals surface area (Å²) in [6.07, 6.45) is 0.176. The molecule has 0 amide bonds. The van der Waals surface area contributed by atoms with Crippen molar-refractivity contribution >= 4 is 0 Å². The minimum absolute atomic E-state index is 0.233. The van der Waals surface area contributed by atoms with Crippen LogP contribution in [0.15, 0.2) is 0 Å². The fourth-order valence-corrected chi connectivity index (χ4v) is 2.19. The molecule has 1 aliphatic carbocycles. The lowest BCUT2D eigenvalue weighted by Crippen LogP contribution is -2.45. The van der Waals surface area contributed by atoms with Crippen molar-refractivity contribution in [2.75, 3.05) is 13.1 Å². The molecule has 5 heteroatoms. The molecule has 102 valence electrons. The first-order valence-electron chi connectivity index (χ1n) is 6.47. The van der Waals surface area contributed by atoms with Crippen LogP contribution < -0.4 is 11.1 Å². The molecule has 1 fully saturated rings. The Bertz CT molecular complexity index is 224. The van der Waals surface area contributed by atoms with Gasteiger partial charge in [-0.2, -0.15) is 13.2 Å². The highest BCUT2D eigenvalue weighted by Gasteiger charge is 2.62. The van der Waals surface area contributed by atoms with Gasteiger partial charge in [0.25, 0.3) is 0 Å². The van der Waals surface area contributed by atoms with Gasteiger partial charge in [0.1, 0.15) is 5.54 Å². The molecule has 0 aliphatic heterocycles. The van der Waals surface area contributed by atoms with Crippen molar-refractivity contribution in [2.24, 2.45) is 11.7 Å². The summed E-state index contributed by atoms with van der Waals surface area (Å²) >= 11 is 0. The van der Waals surface area contributed by atoms with Gasteiger partial charge < -0.3 is 11.1 Å². The van der Waals surface area contributed by atoms with Gasteiger partial charge >= 0.3 is 6.18 Å². The molecule has 1 aliphatic rings. The van der Waals surface area contributed by atoms with Crippen LogP contribution in [0.5, 0.6) is 0 Å². The summed E-state index contributed by atoms with van der Waals surface area (Å²) in [5, 5.41) is 2.68. The number of alkyl halides is 3. The maximum atomic E-state index is 12.6. The number of rotatable bonds is 8. The number of halogens is 3. The summed E-state index contributed by atoms with van der Waals surface area (Å²) in [6, 6.07) is 0. The van der Waals surface area contributed by atoms with Gasteiger partial charge in [-0.15, -0.1) is 0 Å². The van der Waals surface area contributed by atoms with E-state index in [0.717, 1.165) is 25.7 Å². The van der Waals surface area contributed by atoms with E-state index in [0.29, 0.717) is 19.0 Å². The molecule has 2 nitrogen and oxygen atoms in total. The molecule has 17 heavy (non-hydrogen) atoms. The highest BCUT2D eigenvalue weighted by atomic mass is 19.4. The van der Waals surface area contributed by atoms with Crippen molar-refractivity contribution in [3.05, 3.63) is 0 Å². The lowest BCUT2D eigenvalue weighted by atomic mass is 9.96. The molecule has 1 saturated carbocycles. The third kappa shape index (κ3) is 4.14. The molecule has 0 spiro atoms. The molecule has 3 N–H and O–H groups in total. The normalized spacial score (nSPS) is 20.3. The molecule has 1 rings (SSSR count). The maximum absolute atomic E-state index is 12.6. The Morgan fingerprint density at radius 2 is 1.94 bits per heavy atom. The Labute approximate surface area is 101 Å². The van der Waals surface area contributed by atoms with Gasteiger partial charge in [0, 0.05) is 0 Å². The highest BCUT2D eigenvalue weighted by molar-refractivity contribution is 5.07. The zero-order valence-electron chi connectivity index (χ0n) is 10.4. The second kappa shape index (κ2) is 6.05. The first-order chi connectivity index (χ1) is 7.95. The zero-order valence-corrected chi connectivity index (χ0v) is 10.4. The van der Waals surface area contributed by atoms with Crippen LogP contribution in [-0.2, 0) is 0 Å². The summed E-state index contributed by atoms with van der Waals surface area (Å²) < 4.78 is 37.8. The highest BCUT2D eigenvalue weighted by Crippen LogP contribution is 2.48. The van der Waals surface area contributed by atoms with Gasteiger partial charge in [-0.25, -0.2) is 0 Å². The molecule has 0 radical (unpaired) electrons. The van der Waals surface area contributed by atoms with Crippen LogP contribution in [0.3, 0.4) is 0 Å². The van der Waals surface area contributed by atoms with Crippen LogP contribution in [0.1, 0.15) is 45.4 Å². The van der Waals surface area contributed by atoms with Crippen molar-refractivity contribution in [2.45, 2.75) is 57.2 Å². The average molecular weight is 252 g/mol. The SMILES string of the molecule is CCC(CCN)CCCNC1(C(F)(F)F)CC1. The Morgan fingerprint density at radius 3 is 2.35 bits per heavy atom. The summed E-state index contributed by atoms with van der Waals surface area (Å²) in [6.45, 7) is 3.23. The van der Waals surface area contributed by atoms with Crippen LogP contribution in [0.2, 0.25) is 0 Å². The smallest absolute Gasteiger partial charge is 0.330 e. The van der Waals surface area contributed by atoms with Crippen LogP contribution in [0.25, 0.3) is 0 Å². The molecule has 0 aromatic heterocycles. The standard InChI is InChI=1S/C12H23F3N2/c1-2-10(5-8-16)4-3-9-17-11(6-7-11)12(13,14)15/h10,17H,2-9,16H2,1H3. The molecule has 1 atom stereocenters. The van der Waals surface area contributed by atoms with Crippen molar-refractivity contribution in [1.82, 2.24) is 5.32 Å². The van der Waals surface area contributed by atoms with Gasteiger partial charge in [-0.3, -0.25) is 0 Å². The van der Waals surface area contributed by atoms with E-state index in [-0.39, 0.29) is 12.8 Å². The molecule has 0 heterocycles. The number of hydrogen-bond donors (Lipinski definition) is 2. The summed E-state index contributed by atoms with van der Waals surface area (Å²) in [5.74, 6) is 0.558. The van der Waals surface area contributed by atoms with E-state index >= 15 is 0 Å². The van der Waals surface area contributed by atoms with Gasteiger partial charge in [0.05, 0.1) is 0 Å². The quantitative estimate of drug-likeness (QED) is 0.652. The van der Waals surface area contributed by atoms with Crippen LogP contribution in [0.4, 0.5) is 13.2 Å². The Kier molecular flexibility index (Phi) is 5.25. The number of hydrogen-bond acceptors (Lipinski definition) is 2. The van der Waals surface area contributed by atoms with Crippen LogP contribution >= 0.6 is 0 Å². The van der Waals surface area contributed by atoms with Gasteiger partial charge in [-0.1, -0.05) is 13.3 Å². The zero-order chi connectivity index (χ0) is 12.9. The van der Waals surface area contributed by atoms with Crippen molar-refractivity contribution in [3.63, 3.8) is 0 Å². The molecule has 0 aromatic carbocycles. The van der Waals surface area contributed by atoms with E-state index in [9.17, 15) is 13.2 Å². The fourth-order valence-electron chi connectivity index (χ4n) is 2.19. The van der Waals surface area contributed by atoms with E-state index in [4.69, 9.17) is 5.73 Å². The summed E-state index contributed by atoms with van der Waals surface area (Å²) in [5.41, 5.74) is 3.93. The predicted octanol–water partition coefficient (Wildman–Crippen LogP) is 2.83.